The second-order valence-corrected chi connectivity index (χ2v) is 11.1. The second kappa shape index (κ2) is 13.1. The van der Waals surface area contributed by atoms with Crippen LogP contribution in [0.1, 0.15) is 44.7 Å². The molecule has 2 aromatic rings. The van der Waals surface area contributed by atoms with Gasteiger partial charge in [-0.1, -0.05) is 61.7 Å². The van der Waals surface area contributed by atoms with Gasteiger partial charge in [0.25, 0.3) is 0 Å². The highest BCUT2D eigenvalue weighted by atomic mass is 35.5. The van der Waals surface area contributed by atoms with Gasteiger partial charge in [0.15, 0.2) is 0 Å². The molecule has 0 aliphatic heterocycles. The van der Waals surface area contributed by atoms with Crippen molar-refractivity contribution in [1.29, 1.82) is 0 Å². The van der Waals surface area contributed by atoms with Crippen molar-refractivity contribution in [2.45, 2.75) is 52.6 Å². The quantitative estimate of drug-likeness (QED) is 0.396. The molecule has 0 heterocycles. The fourth-order valence-electron chi connectivity index (χ4n) is 3.46. The fraction of sp³-hybridized carbons (Fsp3) is 0.440. The molecular formula is C25H33Cl2N3O4S. The van der Waals surface area contributed by atoms with Gasteiger partial charge in [0.2, 0.25) is 21.8 Å². The molecule has 2 aromatic carbocycles. The third-order valence-electron chi connectivity index (χ3n) is 5.65. The number of unbranched alkanes of at least 4 members (excludes halogenated alkanes) is 1. The van der Waals surface area contributed by atoms with Crippen LogP contribution in [-0.4, -0.2) is 50.5 Å². The first-order chi connectivity index (χ1) is 16.5. The van der Waals surface area contributed by atoms with Crippen molar-refractivity contribution in [2.75, 3.05) is 23.7 Å². The number of aryl methyl sites for hydroxylation is 1. The molecule has 0 aromatic heterocycles. The zero-order valence-electron chi connectivity index (χ0n) is 20.6. The van der Waals surface area contributed by atoms with Crippen molar-refractivity contribution in [3.63, 3.8) is 0 Å². The second-order valence-electron chi connectivity index (χ2n) is 8.38. The van der Waals surface area contributed by atoms with Crippen LogP contribution in [0.5, 0.6) is 0 Å². The first-order valence-corrected chi connectivity index (χ1v) is 14.2. The molecule has 2 amide bonds. The van der Waals surface area contributed by atoms with Crippen molar-refractivity contribution >= 4 is 50.7 Å². The average molecular weight is 543 g/mol. The van der Waals surface area contributed by atoms with Crippen LogP contribution < -0.4 is 9.62 Å². The molecule has 192 valence electrons. The SMILES string of the molecule is CCCCNC(=O)[C@H](C)N(Cc1ccc(Cl)c(Cl)c1)C(=O)CN(c1ccc(CC)cc1)S(C)(=O)=O. The summed E-state index contributed by atoms with van der Waals surface area (Å²) < 4.78 is 26.3. The van der Waals surface area contributed by atoms with Crippen LogP contribution in [0.3, 0.4) is 0 Å². The Morgan fingerprint density at radius 2 is 1.63 bits per heavy atom. The summed E-state index contributed by atoms with van der Waals surface area (Å²) >= 11 is 12.2. The normalized spacial score (nSPS) is 12.2. The maximum absolute atomic E-state index is 13.5. The van der Waals surface area contributed by atoms with E-state index in [1.165, 1.54) is 4.90 Å². The summed E-state index contributed by atoms with van der Waals surface area (Å²) in [5.41, 5.74) is 2.10. The van der Waals surface area contributed by atoms with Crippen molar-refractivity contribution in [2.24, 2.45) is 0 Å². The van der Waals surface area contributed by atoms with Crippen LogP contribution in [0.25, 0.3) is 0 Å². The fourth-order valence-corrected chi connectivity index (χ4v) is 4.64. The van der Waals surface area contributed by atoms with Crippen LogP contribution >= 0.6 is 23.2 Å². The standard InChI is InChI=1S/C25H33Cl2N3O4S/c1-5-7-14-28-25(32)18(3)29(16-20-10-13-22(26)23(27)15-20)24(31)17-30(35(4,33)34)21-11-8-19(6-2)9-12-21/h8-13,15,18H,5-7,14,16-17H2,1-4H3,(H,28,32)/t18-/m0/s1. The van der Waals surface area contributed by atoms with E-state index < -0.39 is 28.5 Å². The lowest BCUT2D eigenvalue weighted by molar-refractivity contribution is -0.139. The molecule has 0 aliphatic rings. The number of rotatable bonds is 12. The zero-order chi connectivity index (χ0) is 26.2. The molecular weight excluding hydrogens is 509 g/mol. The van der Waals surface area contributed by atoms with Gasteiger partial charge in [0.05, 0.1) is 22.0 Å². The maximum Gasteiger partial charge on any atom is 0.244 e. The summed E-state index contributed by atoms with van der Waals surface area (Å²) in [6.45, 7) is 5.75. The van der Waals surface area contributed by atoms with Crippen molar-refractivity contribution in [3.05, 3.63) is 63.6 Å². The molecule has 0 aliphatic carbocycles. The Labute approximate surface area is 218 Å². The third kappa shape index (κ3) is 8.40. The van der Waals surface area contributed by atoms with E-state index in [9.17, 15) is 18.0 Å². The van der Waals surface area contributed by atoms with E-state index in [0.717, 1.165) is 35.4 Å². The summed E-state index contributed by atoms with van der Waals surface area (Å²) in [4.78, 5) is 27.7. The number of sulfonamides is 1. The van der Waals surface area contributed by atoms with E-state index in [0.29, 0.717) is 27.8 Å². The molecule has 0 unspecified atom stereocenters. The summed E-state index contributed by atoms with van der Waals surface area (Å²) in [6.07, 6.45) is 3.59. The van der Waals surface area contributed by atoms with Gasteiger partial charge in [-0.05, 0) is 55.2 Å². The first-order valence-electron chi connectivity index (χ1n) is 11.6. The molecule has 0 saturated carbocycles. The van der Waals surface area contributed by atoms with Crippen molar-refractivity contribution in [3.8, 4) is 0 Å². The first kappa shape index (κ1) is 28.9. The van der Waals surface area contributed by atoms with Crippen LogP contribution in [0.2, 0.25) is 10.0 Å². The number of halogens is 2. The predicted molar refractivity (Wildman–Crippen MR) is 142 cm³/mol. The minimum absolute atomic E-state index is 0.0600. The van der Waals surface area contributed by atoms with E-state index in [4.69, 9.17) is 23.2 Å². The van der Waals surface area contributed by atoms with Crippen LogP contribution in [-0.2, 0) is 32.6 Å². The number of hydrogen-bond donors (Lipinski definition) is 1. The lowest BCUT2D eigenvalue weighted by Gasteiger charge is -2.31. The molecule has 0 bridgehead atoms. The lowest BCUT2D eigenvalue weighted by Crippen LogP contribution is -2.51. The Kier molecular flexibility index (Phi) is 10.9. The smallest absolute Gasteiger partial charge is 0.244 e. The molecule has 0 spiro atoms. The van der Waals surface area contributed by atoms with Gasteiger partial charge in [0.1, 0.15) is 12.6 Å². The van der Waals surface area contributed by atoms with E-state index in [1.54, 1.807) is 37.3 Å². The van der Waals surface area contributed by atoms with Gasteiger partial charge >= 0.3 is 0 Å². The summed E-state index contributed by atoms with van der Waals surface area (Å²) in [6, 6.07) is 11.1. The number of hydrogen-bond acceptors (Lipinski definition) is 4. The molecule has 2 rings (SSSR count). The molecule has 10 heteroatoms. The number of nitrogens with one attached hydrogen (secondary N) is 1. The number of nitrogens with zero attached hydrogens (tertiary/aromatic N) is 2. The topological polar surface area (TPSA) is 86.8 Å². The molecule has 1 atom stereocenters. The number of anilines is 1. The molecule has 0 radical (unpaired) electrons. The molecule has 1 N–H and O–H groups in total. The minimum atomic E-state index is -3.77. The van der Waals surface area contributed by atoms with E-state index in [1.807, 2.05) is 26.0 Å². The predicted octanol–water partition coefficient (Wildman–Crippen LogP) is 4.66. The molecule has 35 heavy (non-hydrogen) atoms. The van der Waals surface area contributed by atoms with Gasteiger partial charge in [-0.3, -0.25) is 13.9 Å². The Hall–Kier alpha value is -2.29. The minimum Gasteiger partial charge on any atom is -0.354 e. The van der Waals surface area contributed by atoms with Crippen LogP contribution in [0.15, 0.2) is 42.5 Å². The maximum atomic E-state index is 13.5. The van der Waals surface area contributed by atoms with E-state index in [2.05, 4.69) is 5.32 Å². The van der Waals surface area contributed by atoms with Gasteiger partial charge in [-0.15, -0.1) is 0 Å². The number of benzene rings is 2. The van der Waals surface area contributed by atoms with Gasteiger partial charge in [0, 0.05) is 13.1 Å². The molecule has 0 saturated heterocycles. The average Bonchev–Trinajstić information content (AvgIpc) is 2.82. The summed E-state index contributed by atoms with van der Waals surface area (Å²) in [5.74, 6) is -0.829. The van der Waals surface area contributed by atoms with E-state index >= 15 is 0 Å². The van der Waals surface area contributed by atoms with E-state index in [-0.39, 0.29) is 12.5 Å². The highest BCUT2D eigenvalue weighted by Gasteiger charge is 2.30. The number of amides is 2. The summed E-state index contributed by atoms with van der Waals surface area (Å²) in [7, 11) is -3.77. The summed E-state index contributed by atoms with van der Waals surface area (Å²) in [5, 5.41) is 3.54. The van der Waals surface area contributed by atoms with Crippen LogP contribution in [0.4, 0.5) is 5.69 Å². The van der Waals surface area contributed by atoms with Crippen molar-refractivity contribution < 1.29 is 18.0 Å². The van der Waals surface area contributed by atoms with Gasteiger partial charge < -0.3 is 10.2 Å². The Bertz CT molecular complexity index is 1120. The highest BCUT2D eigenvalue weighted by molar-refractivity contribution is 7.92. The Morgan fingerprint density at radius 1 is 1.00 bits per heavy atom. The van der Waals surface area contributed by atoms with Crippen LogP contribution in [0, 0.1) is 0 Å². The molecule has 0 fully saturated rings. The largest absolute Gasteiger partial charge is 0.354 e. The zero-order valence-corrected chi connectivity index (χ0v) is 22.9. The monoisotopic (exact) mass is 541 g/mol. The van der Waals surface area contributed by atoms with Gasteiger partial charge in [-0.25, -0.2) is 8.42 Å². The Balaban J connectivity index is 2.36. The number of carbonyl (C=O) groups excluding carboxylic acids is 2. The molecule has 7 nitrogen and oxygen atoms in total. The highest BCUT2D eigenvalue weighted by Crippen LogP contribution is 2.24. The van der Waals surface area contributed by atoms with Crippen molar-refractivity contribution in [1.82, 2.24) is 10.2 Å². The lowest BCUT2D eigenvalue weighted by atomic mass is 10.1. The third-order valence-corrected chi connectivity index (χ3v) is 7.53. The Morgan fingerprint density at radius 3 is 2.17 bits per heavy atom. The number of carbonyl (C=O) groups is 2. The van der Waals surface area contributed by atoms with Gasteiger partial charge in [-0.2, -0.15) is 0 Å².